The first-order chi connectivity index (χ1) is 12.5. The number of nitrogens with zero attached hydrogens (tertiary/aromatic N) is 1. The van der Waals surface area contributed by atoms with E-state index in [-0.39, 0.29) is 0 Å². The summed E-state index contributed by atoms with van der Waals surface area (Å²) in [4.78, 5) is 25.2. The van der Waals surface area contributed by atoms with E-state index >= 15 is 0 Å². The number of carboxylic acids is 1. The Morgan fingerprint density at radius 3 is 2.37 bits per heavy atom. The van der Waals surface area contributed by atoms with Gasteiger partial charge in [-0.3, -0.25) is 9.78 Å². The van der Waals surface area contributed by atoms with E-state index in [2.05, 4.69) is 17.1 Å². The molecule has 0 spiro atoms. The summed E-state index contributed by atoms with van der Waals surface area (Å²) in [5.41, 5.74) is 9.47. The van der Waals surface area contributed by atoms with E-state index in [1.54, 1.807) is 11.3 Å². The molecule has 1 amide bonds. The van der Waals surface area contributed by atoms with Gasteiger partial charge < -0.3 is 10.8 Å². The summed E-state index contributed by atoms with van der Waals surface area (Å²) in [5, 5.41) is 10.3. The summed E-state index contributed by atoms with van der Waals surface area (Å²) in [7, 11) is 0. The minimum atomic E-state index is -5.08. The van der Waals surface area contributed by atoms with Gasteiger partial charge in [-0.15, -0.1) is 11.3 Å². The molecule has 5 nitrogen and oxygen atoms in total. The van der Waals surface area contributed by atoms with Crippen LogP contribution in [0.15, 0.2) is 35.7 Å². The molecule has 3 rings (SSSR count). The highest BCUT2D eigenvalue weighted by Gasteiger charge is 2.38. The first-order valence-corrected chi connectivity index (χ1v) is 8.45. The standard InChI is InChI=1S/C16H14N2OS.C2HF3O2/c1-9-8-10(2)18-14(13(9)16(17)19)12-5-3-4-11-6-7-20-15(11)12;3-2(4,5)1(6)7/h3-8H,1-2H3,(H2,17,19);(H,6,7). The molecule has 0 aliphatic rings. The van der Waals surface area contributed by atoms with Gasteiger partial charge in [0.1, 0.15) is 0 Å². The number of carbonyl (C=O) groups is 2. The van der Waals surface area contributed by atoms with Gasteiger partial charge in [-0.25, -0.2) is 4.79 Å². The van der Waals surface area contributed by atoms with Crippen LogP contribution in [0.4, 0.5) is 13.2 Å². The predicted octanol–water partition coefficient (Wildman–Crippen LogP) is 4.31. The lowest BCUT2D eigenvalue weighted by Crippen LogP contribution is -2.21. The Bertz CT molecular complexity index is 1010. The maximum atomic E-state index is 11.8. The zero-order chi connectivity index (χ0) is 20.4. The van der Waals surface area contributed by atoms with Crippen molar-refractivity contribution >= 4 is 33.3 Å². The maximum Gasteiger partial charge on any atom is 0.490 e. The number of pyridine rings is 1. The van der Waals surface area contributed by atoms with E-state index < -0.39 is 18.1 Å². The molecule has 0 radical (unpaired) electrons. The summed E-state index contributed by atoms with van der Waals surface area (Å²) in [6, 6.07) is 9.98. The van der Waals surface area contributed by atoms with E-state index in [0.717, 1.165) is 26.9 Å². The maximum absolute atomic E-state index is 11.8. The summed E-state index contributed by atoms with van der Waals surface area (Å²) >= 11 is 1.65. The van der Waals surface area contributed by atoms with Crippen molar-refractivity contribution in [3.63, 3.8) is 0 Å². The monoisotopic (exact) mass is 396 g/mol. The van der Waals surface area contributed by atoms with Crippen molar-refractivity contribution in [3.8, 4) is 11.3 Å². The van der Waals surface area contributed by atoms with Crippen molar-refractivity contribution in [3.05, 3.63) is 52.5 Å². The fraction of sp³-hybridized carbons (Fsp3) is 0.167. The normalized spacial score (nSPS) is 11.0. The highest BCUT2D eigenvalue weighted by atomic mass is 32.1. The molecule has 0 bridgehead atoms. The number of thiophene rings is 1. The number of amides is 1. The highest BCUT2D eigenvalue weighted by molar-refractivity contribution is 7.17. The van der Waals surface area contributed by atoms with E-state index in [0.29, 0.717) is 11.3 Å². The van der Waals surface area contributed by atoms with Crippen LogP contribution in [0.5, 0.6) is 0 Å². The third kappa shape index (κ3) is 4.62. The SMILES string of the molecule is Cc1cc(C)c(C(N)=O)c(-c2cccc3ccsc23)n1.O=C(O)C(F)(F)F. The summed E-state index contributed by atoms with van der Waals surface area (Å²) < 4.78 is 32.9. The third-order valence-electron chi connectivity index (χ3n) is 3.57. The van der Waals surface area contributed by atoms with Gasteiger partial charge in [0.15, 0.2) is 0 Å². The Morgan fingerprint density at radius 1 is 1.19 bits per heavy atom. The lowest BCUT2D eigenvalue weighted by atomic mass is 9.99. The molecule has 2 heterocycles. The van der Waals surface area contributed by atoms with E-state index in [4.69, 9.17) is 15.6 Å². The van der Waals surface area contributed by atoms with Crippen LogP contribution in [0.25, 0.3) is 21.3 Å². The number of alkyl halides is 3. The zero-order valence-electron chi connectivity index (χ0n) is 14.3. The minimum absolute atomic E-state index is 0.432. The number of aromatic nitrogens is 1. The van der Waals surface area contributed by atoms with Gasteiger partial charge in [-0.05, 0) is 42.3 Å². The first kappa shape index (κ1) is 20.4. The molecule has 9 heteroatoms. The minimum Gasteiger partial charge on any atom is -0.475 e. The van der Waals surface area contributed by atoms with Crippen LogP contribution >= 0.6 is 11.3 Å². The number of fused-ring (bicyclic) bond motifs is 1. The molecule has 1 aromatic carbocycles. The smallest absolute Gasteiger partial charge is 0.475 e. The highest BCUT2D eigenvalue weighted by Crippen LogP contribution is 2.34. The first-order valence-electron chi connectivity index (χ1n) is 7.57. The average molecular weight is 396 g/mol. The van der Waals surface area contributed by atoms with Crippen molar-refractivity contribution in [2.45, 2.75) is 20.0 Å². The molecule has 3 aromatic rings. The quantitative estimate of drug-likeness (QED) is 0.675. The predicted molar refractivity (Wildman–Crippen MR) is 96.7 cm³/mol. The fourth-order valence-electron chi connectivity index (χ4n) is 2.52. The van der Waals surface area contributed by atoms with Crippen molar-refractivity contribution in [2.75, 3.05) is 0 Å². The molecule has 0 aliphatic carbocycles. The molecule has 0 aliphatic heterocycles. The Kier molecular flexibility index (Phi) is 5.85. The Hall–Kier alpha value is -2.94. The Labute approximate surface area is 156 Å². The van der Waals surface area contributed by atoms with Crippen LogP contribution < -0.4 is 5.73 Å². The number of aliphatic carboxylic acids is 1. The second kappa shape index (κ2) is 7.75. The van der Waals surface area contributed by atoms with Gasteiger partial charge >= 0.3 is 12.1 Å². The molecule has 3 N–H and O–H groups in total. The van der Waals surface area contributed by atoms with E-state index in [1.165, 1.54) is 0 Å². The number of nitrogens with two attached hydrogens (primary N) is 1. The molecule has 0 atom stereocenters. The lowest BCUT2D eigenvalue weighted by molar-refractivity contribution is -0.192. The number of rotatable bonds is 2. The fourth-order valence-corrected chi connectivity index (χ4v) is 3.44. The average Bonchev–Trinajstić information content (AvgIpc) is 3.01. The van der Waals surface area contributed by atoms with Gasteiger partial charge in [0.05, 0.1) is 11.3 Å². The number of halogens is 3. The number of hydrogen-bond donors (Lipinski definition) is 2. The van der Waals surface area contributed by atoms with Gasteiger partial charge in [-0.2, -0.15) is 13.2 Å². The molecule has 0 saturated carbocycles. The van der Waals surface area contributed by atoms with Gasteiger partial charge in [0, 0.05) is 16.0 Å². The molecular weight excluding hydrogens is 381 g/mol. The van der Waals surface area contributed by atoms with Crippen LogP contribution in [-0.2, 0) is 4.79 Å². The van der Waals surface area contributed by atoms with Crippen molar-refractivity contribution in [2.24, 2.45) is 5.73 Å². The van der Waals surface area contributed by atoms with Gasteiger partial charge in [0.25, 0.3) is 5.91 Å². The number of aryl methyl sites for hydroxylation is 2. The van der Waals surface area contributed by atoms with Crippen LogP contribution in [0.3, 0.4) is 0 Å². The van der Waals surface area contributed by atoms with E-state index in [1.807, 2.05) is 37.4 Å². The van der Waals surface area contributed by atoms with Gasteiger partial charge in [-0.1, -0.05) is 18.2 Å². The summed E-state index contributed by atoms with van der Waals surface area (Å²) in [5.74, 6) is -3.19. The van der Waals surface area contributed by atoms with Crippen LogP contribution in [-0.4, -0.2) is 28.1 Å². The molecule has 0 fully saturated rings. The lowest BCUT2D eigenvalue weighted by Gasteiger charge is -2.11. The Morgan fingerprint density at radius 2 is 1.81 bits per heavy atom. The largest absolute Gasteiger partial charge is 0.490 e. The number of primary amides is 1. The molecule has 27 heavy (non-hydrogen) atoms. The van der Waals surface area contributed by atoms with Crippen LogP contribution in [0.1, 0.15) is 21.6 Å². The number of benzene rings is 1. The zero-order valence-corrected chi connectivity index (χ0v) is 15.1. The number of hydrogen-bond acceptors (Lipinski definition) is 4. The molecule has 142 valence electrons. The second-order valence-corrected chi connectivity index (χ2v) is 6.53. The topological polar surface area (TPSA) is 93.3 Å². The number of carboxylic acid groups (broad SMARTS) is 1. The van der Waals surface area contributed by atoms with E-state index in [9.17, 15) is 18.0 Å². The van der Waals surface area contributed by atoms with Crippen LogP contribution in [0, 0.1) is 13.8 Å². The molecule has 2 aromatic heterocycles. The van der Waals surface area contributed by atoms with Crippen molar-refractivity contribution in [1.29, 1.82) is 0 Å². The summed E-state index contributed by atoms with van der Waals surface area (Å²) in [6.07, 6.45) is -5.08. The molecule has 0 saturated heterocycles. The second-order valence-electron chi connectivity index (χ2n) is 5.62. The van der Waals surface area contributed by atoms with Gasteiger partial charge in [0.2, 0.25) is 0 Å². The molecule has 0 unspecified atom stereocenters. The molecular formula is C18H15F3N2O3S. The number of carbonyl (C=O) groups excluding carboxylic acids is 1. The van der Waals surface area contributed by atoms with Crippen LogP contribution in [0.2, 0.25) is 0 Å². The summed E-state index contributed by atoms with van der Waals surface area (Å²) in [6.45, 7) is 3.82. The van der Waals surface area contributed by atoms with Crippen molar-refractivity contribution < 1.29 is 27.9 Å². The third-order valence-corrected chi connectivity index (χ3v) is 4.53. The Balaban J connectivity index is 0.000000321. The van der Waals surface area contributed by atoms with Crippen molar-refractivity contribution in [1.82, 2.24) is 4.98 Å².